The van der Waals surface area contributed by atoms with Crippen LogP contribution in [0.4, 0.5) is 4.39 Å². The van der Waals surface area contributed by atoms with Crippen molar-refractivity contribution in [3.8, 4) is 0 Å². The Kier molecular flexibility index (Phi) is 5.95. The second-order valence-corrected chi connectivity index (χ2v) is 7.92. The molecule has 0 radical (unpaired) electrons. The summed E-state index contributed by atoms with van der Waals surface area (Å²) in [6.07, 6.45) is 4.94. The van der Waals surface area contributed by atoms with Gasteiger partial charge in [-0.15, -0.1) is 0 Å². The predicted molar refractivity (Wildman–Crippen MR) is 114 cm³/mol. The second-order valence-electron chi connectivity index (χ2n) is 7.92. The van der Waals surface area contributed by atoms with E-state index in [9.17, 15) is 9.18 Å². The van der Waals surface area contributed by atoms with Crippen LogP contribution in [0.25, 0.3) is 10.9 Å². The van der Waals surface area contributed by atoms with E-state index in [1.807, 2.05) is 19.2 Å². The minimum Gasteiger partial charge on any atom is -0.355 e. The number of benzene rings is 2. The van der Waals surface area contributed by atoms with Crippen molar-refractivity contribution in [2.75, 3.05) is 26.2 Å². The lowest BCUT2D eigenvalue weighted by molar-refractivity contribution is -0.121. The van der Waals surface area contributed by atoms with Gasteiger partial charge >= 0.3 is 0 Å². The van der Waals surface area contributed by atoms with Crippen LogP contribution in [0, 0.1) is 5.82 Å². The number of carbonyl (C=O) groups is 1. The highest BCUT2D eigenvalue weighted by Crippen LogP contribution is 2.34. The number of nitrogens with zero attached hydrogens (tertiary/aromatic N) is 2. The minimum atomic E-state index is -0.263. The van der Waals surface area contributed by atoms with E-state index < -0.39 is 0 Å². The Bertz CT molecular complexity index is 973. The number of para-hydroxylation sites is 1. The normalized spacial score (nSPS) is 15.7. The average molecular weight is 394 g/mol. The van der Waals surface area contributed by atoms with Gasteiger partial charge in [-0.3, -0.25) is 4.79 Å². The standard InChI is InChI=1S/C24H28FN3O/c1-27-17-22(20-6-2-3-7-23(20)27)21(18-8-10-19(25)11-9-18)16-24(29)26-12-15-28-13-4-5-14-28/h2-3,6-11,17,21H,4-5,12-16H2,1H3,(H,26,29)/t21-/m0/s1. The molecule has 0 spiro atoms. The molecule has 29 heavy (non-hydrogen) atoms. The second kappa shape index (κ2) is 8.78. The number of amides is 1. The zero-order valence-electron chi connectivity index (χ0n) is 16.9. The fourth-order valence-corrected chi connectivity index (χ4v) is 4.37. The number of nitrogens with one attached hydrogen (secondary N) is 1. The Balaban J connectivity index is 1.55. The zero-order valence-corrected chi connectivity index (χ0v) is 16.9. The molecule has 0 bridgehead atoms. The molecule has 1 aliphatic rings. The summed E-state index contributed by atoms with van der Waals surface area (Å²) in [5.74, 6) is -0.347. The van der Waals surface area contributed by atoms with Crippen molar-refractivity contribution in [1.29, 1.82) is 0 Å². The van der Waals surface area contributed by atoms with Crippen LogP contribution in [-0.2, 0) is 11.8 Å². The molecule has 1 atom stereocenters. The summed E-state index contributed by atoms with van der Waals surface area (Å²) in [5, 5.41) is 4.22. The molecule has 1 N–H and O–H groups in total. The summed E-state index contributed by atoms with van der Waals surface area (Å²) in [4.78, 5) is 15.2. The van der Waals surface area contributed by atoms with E-state index in [0.717, 1.165) is 41.7 Å². The highest BCUT2D eigenvalue weighted by molar-refractivity contribution is 5.86. The highest BCUT2D eigenvalue weighted by atomic mass is 19.1. The van der Waals surface area contributed by atoms with Crippen LogP contribution in [0.5, 0.6) is 0 Å². The van der Waals surface area contributed by atoms with Crippen molar-refractivity contribution >= 4 is 16.8 Å². The number of carbonyl (C=O) groups excluding carboxylic acids is 1. The van der Waals surface area contributed by atoms with Crippen LogP contribution in [0.3, 0.4) is 0 Å². The van der Waals surface area contributed by atoms with Gasteiger partial charge in [0.25, 0.3) is 0 Å². The largest absolute Gasteiger partial charge is 0.355 e. The summed E-state index contributed by atoms with van der Waals surface area (Å²) in [7, 11) is 2.02. The van der Waals surface area contributed by atoms with E-state index in [1.165, 1.54) is 25.0 Å². The first-order chi connectivity index (χ1) is 14.1. The molecule has 5 heteroatoms. The summed E-state index contributed by atoms with van der Waals surface area (Å²) >= 11 is 0. The fraction of sp³-hybridized carbons (Fsp3) is 0.375. The number of rotatable bonds is 7. The van der Waals surface area contributed by atoms with Gasteiger partial charge in [-0.1, -0.05) is 30.3 Å². The van der Waals surface area contributed by atoms with Crippen LogP contribution in [0.15, 0.2) is 54.7 Å². The van der Waals surface area contributed by atoms with Crippen molar-refractivity contribution < 1.29 is 9.18 Å². The Morgan fingerprint density at radius 2 is 1.83 bits per heavy atom. The Morgan fingerprint density at radius 3 is 2.59 bits per heavy atom. The van der Waals surface area contributed by atoms with Gasteiger partial charge in [-0.25, -0.2) is 4.39 Å². The molecule has 152 valence electrons. The molecular weight excluding hydrogens is 365 g/mol. The third-order valence-electron chi connectivity index (χ3n) is 5.91. The Hall–Kier alpha value is -2.66. The molecule has 0 saturated carbocycles. The van der Waals surface area contributed by atoms with Crippen LogP contribution < -0.4 is 5.32 Å². The lowest BCUT2D eigenvalue weighted by Crippen LogP contribution is -2.34. The Labute approximate surface area is 171 Å². The van der Waals surface area contributed by atoms with E-state index in [2.05, 4.69) is 33.1 Å². The lowest BCUT2D eigenvalue weighted by Gasteiger charge is -2.19. The monoisotopic (exact) mass is 393 g/mol. The van der Waals surface area contributed by atoms with E-state index >= 15 is 0 Å². The molecule has 1 amide bonds. The maximum atomic E-state index is 13.5. The van der Waals surface area contributed by atoms with Gasteiger partial charge in [0.1, 0.15) is 5.82 Å². The van der Waals surface area contributed by atoms with Crippen molar-refractivity contribution in [2.45, 2.75) is 25.2 Å². The Morgan fingerprint density at radius 1 is 1.10 bits per heavy atom. The number of likely N-dealkylation sites (tertiary alicyclic amines) is 1. The lowest BCUT2D eigenvalue weighted by atomic mass is 9.88. The molecule has 4 nitrogen and oxygen atoms in total. The molecule has 0 aliphatic carbocycles. The first-order valence-corrected chi connectivity index (χ1v) is 10.4. The SMILES string of the molecule is Cn1cc([C@@H](CC(=O)NCCN2CCCC2)c2ccc(F)cc2)c2ccccc21. The molecule has 1 aromatic heterocycles. The molecule has 1 aliphatic heterocycles. The van der Waals surface area contributed by atoms with E-state index in [1.54, 1.807) is 12.1 Å². The third kappa shape index (κ3) is 4.51. The van der Waals surface area contributed by atoms with Gasteiger partial charge in [0.05, 0.1) is 0 Å². The molecular formula is C24H28FN3O. The summed E-state index contributed by atoms with van der Waals surface area (Å²) < 4.78 is 15.6. The fourth-order valence-electron chi connectivity index (χ4n) is 4.37. The highest BCUT2D eigenvalue weighted by Gasteiger charge is 2.22. The molecule has 0 unspecified atom stereocenters. The van der Waals surface area contributed by atoms with Gasteiger partial charge in [-0.05, 0) is 55.3 Å². The van der Waals surface area contributed by atoms with Crippen molar-refractivity contribution in [3.05, 3.63) is 71.7 Å². The van der Waals surface area contributed by atoms with Crippen LogP contribution in [0.1, 0.15) is 36.3 Å². The first kappa shape index (κ1) is 19.6. The summed E-state index contributed by atoms with van der Waals surface area (Å²) in [5.41, 5.74) is 3.19. The zero-order chi connectivity index (χ0) is 20.2. The minimum absolute atomic E-state index is 0.0338. The molecule has 1 fully saturated rings. The molecule has 4 rings (SSSR count). The predicted octanol–water partition coefficient (Wildman–Crippen LogP) is 4.05. The van der Waals surface area contributed by atoms with E-state index in [0.29, 0.717) is 13.0 Å². The number of hydrogen-bond acceptors (Lipinski definition) is 2. The quantitative estimate of drug-likeness (QED) is 0.658. The van der Waals surface area contributed by atoms with Gasteiger partial charge in [0, 0.05) is 49.6 Å². The van der Waals surface area contributed by atoms with Crippen LogP contribution in [-0.4, -0.2) is 41.6 Å². The van der Waals surface area contributed by atoms with E-state index in [4.69, 9.17) is 0 Å². The maximum Gasteiger partial charge on any atom is 0.220 e. The van der Waals surface area contributed by atoms with Crippen LogP contribution >= 0.6 is 0 Å². The first-order valence-electron chi connectivity index (χ1n) is 10.4. The van der Waals surface area contributed by atoms with E-state index in [-0.39, 0.29) is 17.6 Å². The topological polar surface area (TPSA) is 37.3 Å². The third-order valence-corrected chi connectivity index (χ3v) is 5.91. The van der Waals surface area contributed by atoms with Gasteiger partial charge in [0.2, 0.25) is 5.91 Å². The van der Waals surface area contributed by atoms with Gasteiger partial charge < -0.3 is 14.8 Å². The number of aromatic nitrogens is 1. The molecule has 1 saturated heterocycles. The van der Waals surface area contributed by atoms with Crippen molar-refractivity contribution in [1.82, 2.24) is 14.8 Å². The smallest absolute Gasteiger partial charge is 0.220 e. The molecule has 3 aromatic rings. The van der Waals surface area contributed by atoms with Gasteiger partial charge in [-0.2, -0.15) is 0 Å². The maximum absolute atomic E-state index is 13.5. The van der Waals surface area contributed by atoms with Gasteiger partial charge in [0.15, 0.2) is 0 Å². The average Bonchev–Trinajstić information content (AvgIpc) is 3.35. The summed E-state index contributed by atoms with van der Waals surface area (Å²) in [6, 6.07) is 14.7. The number of fused-ring (bicyclic) bond motifs is 1. The molecule has 2 aromatic carbocycles. The van der Waals surface area contributed by atoms with Crippen molar-refractivity contribution in [2.24, 2.45) is 7.05 Å². The number of aryl methyl sites for hydroxylation is 1. The number of hydrogen-bond donors (Lipinski definition) is 1. The van der Waals surface area contributed by atoms with Crippen molar-refractivity contribution in [3.63, 3.8) is 0 Å². The summed E-state index contributed by atoms with van der Waals surface area (Å²) in [6.45, 7) is 3.83. The molecule has 2 heterocycles. The number of halogens is 1. The van der Waals surface area contributed by atoms with Crippen LogP contribution in [0.2, 0.25) is 0 Å².